The first-order chi connectivity index (χ1) is 11.1. The van der Waals surface area contributed by atoms with Gasteiger partial charge in [0.2, 0.25) is 0 Å². The van der Waals surface area contributed by atoms with Crippen LogP contribution >= 0.6 is 0 Å². The van der Waals surface area contributed by atoms with E-state index in [1.807, 2.05) is 37.3 Å². The zero-order valence-electron chi connectivity index (χ0n) is 14.1. The second-order valence-corrected chi connectivity index (χ2v) is 6.41. The molecule has 2 rings (SSSR count). The van der Waals surface area contributed by atoms with Crippen LogP contribution in [0, 0.1) is 5.92 Å². The van der Waals surface area contributed by atoms with Crippen molar-refractivity contribution in [3.05, 3.63) is 35.9 Å². The minimum absolute atomic E-state index is 0.189. The molecule has 1 aromatic carbocycles. The van der Waals surface area contributed by atoms with Crippen molar-refractivity contribution in [2.75, 3.05) is 6.61 Å². The van der Waals surface area contributed by atoms with E-state index >= 15 is 0 Å². The average Bonchev–Trinajstić information content (AvgIpc) is 2.57. The molecule has 0 unspecified atom stereocenters. The zero-order chi connectivity index (χ0) is 16.7. The van der Waals surface area contributed by atoms with Crippen LogP contribution in [0.15, 0.2) is 30.3 Å². The standard InChI is InChI=1S/C19H27NO3/c1-3-16(15-10-5-4-6-11-15)19(22)23-13-18(21)20-17-12-8-7-9-14(17)2/h4-6,10-11,14,16-17H,3,7-9,12-13H2,1-2H3,(H,20,21)/t14-,16-,17-/m1/s1. The molecular formula is C19H27NO3. The molecule has 1 aromatic rings. The molecule has 1 amide bonds. The van der Waals surface area contributed by atoms with Gasteiger partial charge in [0.15, 0.2) is 6.61 Å². The van der Waals surface area contributed by atoms with Crippen molar-refractivity contribution in [1.29, 1.82) is 0 Å². The van der Waals surface area contributed by atoms with Gasteiger partial charge in [0.25, 0.3) is 5.91 Å². The molecule has 3 atom stereocenters. The number of carbonyl (C=O) groups is 2. The van der Waals surface area contributed by atoms with Crippen molar-refractivity contribution < 1.29 is 14.3 Å². The topological polar surface area (TPSA) is 55.4 Å². The Bertz CT molecular complexity index is 515. The van der Waals surface area contributed by atoms with Crippen LogP contribution in [-0.4, -0.2) is 24.5 Å². The van der Waals surface area contributed by atoms with Crippen LogP contribution in [0.1, 0.15) is 57.4 Å². The normalized spacial score (nSPS) is 22.2. The third kappa shape index (κ3) is 5.08. The summed E-state index contributed by atoms with van der Waals surface area (Å²) in [6.45, 7) is 3.92. The molecule has 0 spiro atoms. The number of carbonyl (C=O) groups excluding carboxylic acids is 2. The fraction of sp³-hybridized carbons (Fsp3) is 0.579. The molecular weight excluding hydrogens is 290 g/mol. The molecule has 0 radical (unpaired) electrons. The van der Waals surface area contributed by atoms with Gasteiger partial charge in [-0.25, -0.2) is 0 Å². The fourth-order valence-electron chi connectivity index (χ4n) is 3.24. The van der Waals surface area contributed by atoms with Gasteiger partial charge < -0.3 is 10.1 Å². The predicted molar refractivity (Wildman–Crippen MR) is 90.0 cm³/mol. The van der Waals surface area contributed by atoms with Crippen LogP contribution in [0.2, 0.25) is 0 Å². The van der Waals surface area contributed by atoms with Gasteiger partial charge in [-0.2, -0.15) is 0 Å². The summed E-state index contributed by atoms with van der Waals surface area (Å²) in [7, 11) is 0. The van der Waals surface area contributed by atoms with E-state index < -0.39 is 0 Å². The highest BCUT2D eigenvalue weighted by molar-refractivity contribution is 5.83. The van der Waals surface area contributed by atoms with E-state index in [1.54, 1.807) is 0 Å². The van der Waals surface area contributed by atoms with E-state index in [4.69, 9.17) is 4.74 Å². The Labute approximate surface area is 138 Å². The molecule has 0 saturated heterocycles. The Morgan fingerprint density at radius 1 is 1.22 bits per heavy atom. The summed E-state index contributed by atoms with van der Waals surface area (Å²) in [5, 5.41) is 3.00. The monoisotopic (exact) mass is 317 g/mol. The maximum absolute atomic E-state index is 12.2. The van der Waals surface area contributed by atoms with Crippen molar-refractivity contribution in [1.82, 2.24) is 5.32 Å². The molecule has 1 aliphatic carbocycles. The largest absolute Gasteiger partial charge is 0.455 e. The lowest BCUT2D eigenvalue weighted by Crippen LogP contribution is -2.43. The lowest BCUT2D eigenvalue weighted by molar-refractivity contribution is -0.150. The highest BCUT2D eigenvalue weighted by atomic mass is 16.5. The van der Waals surface area contributed by atoms with Gasteiger partial charge in [0, 0.05) is 6.04 Å². The third-order valence-corrected chi connectivity index (χ3v) is 4.70. The second kappa shape index (κ2) is 8.70. The summed E-state index contributed by atoms with van der Waals surface area (Å²) < 4.78 is 5.24. The smallest absolute Gasteiger partial charge is 0.313 e. The first kappa shape index (κ1) is 17.5. The predicted octanol–water partition coefficient (Wildman–Crippen LogP) is 3.42. The lowest BCUT2D eigenvalue weighted by atomic mass is 9.86. The SMILES string of the molecule is CC[C@@H](C(=O)OCC(=O)N[C@@H]1CCCC[C@H]1C)c1ccccc1. The Kier molecular flexibility index (Phi) is 6.63. The minimum Gasteiger partial charge on any atom is -0.455 e. The number of rotatable bonds is 6. The van der Waals surface area contributed by atoms with Gasteiger partial charge >= 0.3 is 5.97 Å². The van der Waals surface area contributed by atoms with Crippen LogP contribution in [0.3, 0.4) is 0 Å². The quantitative estimate of drug-likeness (QED) is 0.818. The Balaban J connectivity index is 1.82. The van der Waals surface area contributed by atoms with Gasteiger partial charge in [-0.15, -0.1) is 0 Å². The summed E-state index contributed by atoms with van der Waals surface area (Å²) in [4.78, 5) is 24.3. The molecule has 4 heteroatoms. The Morgan fingerprint density at radius 2 is 1.91 bits per heavy atom. The molecule has 0 aromatic heterocycles. The van der Waals surface area contributed by atoms with Crippen LogP contribution in [-0.2, 0) is 14.3 Å². The van der Waals surface area contributed by atoms with Gasteiger partial charge in [-0.3, -0.25) is 9.59 Å². The molecule has 4 nitrogen and oxygen atoms in total. The second-order valence-electron chi connectivity index (χ2n) is 6.41. The molecule has 1 aliphatic rings. The number of esters is 1. The van der Waals surface area contributed by atoms with Crippen molar-refractivity contribution in [2.45, 2.75) is 57.9 Å². The van der Waals surface area contributed by atoms with Crippen molar-refractivity contribution in [2.24, 2.45) is 5.92 Å². The van der Waals surface area contributed by atoms with Crippen LogP contribution in [0.25, 0.3) is 0 Å². The van der Waals surface area contributed by atoms with E-state index in [0.29, 0.717) is 12.3 Å². The van der Waals surface area contributed by atoms with Crippen molar-refractivity contribution in [3.63, 3.8) is 0 Å². The summed E-state index contributed by atoms with van der Waals surface area (Å²) in [6, 6.07) is 9.77. The van der Waals surface area contributed by atoms with Gasteiger partial charge in [-0.1, -0.05) is 57.0 Å². The maximum Gasteiger partial charge on any atom is 0.313 e. The molecule has 0 heterocycles. The van der Waals surface area contributed by atoms with Crippen LogP contribution in [0.4, 0.5) is 0 Å². The fourth-order valence-corrected chi connectivity index (χ4v) is 3.24. The Morgan fingerprint density at radius 3 is 2.57 bits per heavy atom. The first-order valence-corrected chi connectivity index (χ1v) is 8.62. The number of ether oxygens (including phenoxy) is 1. The van der Waals surface area contributed by atoms with Crippen molar-refractivity contribution in [3.8, 4) is 0 Å². The number of hydrogen-bond acceptors (Lipinski definition) is 3. The van der Waals surface area contributed by atoms with E-state index in [2.05, 4.69) is 12.2 Å². The van der Waals surface area contributed by atoms with Crippen LogP contribution < -0.4 is 5.32 Å². The van der Waals surface area contributed by atoms with E-state index in [1.165, 1.54) is 6.42 Å². The number of nitrogens with one attached hydrogen (secondary N) is 1. The molecule has 1 saturated carbocycles. The average molecular weight is 317 g/mol. The molecule has 1 N–H and O–H groups in total. The van der Waals surface area contributed by atoms with E-state index in [-0.39, 0.29) is 30.4 Å². The summed E-state index contributed by atoms with van der Waals surface area (Å²) >= 11 is 0. The zero-order valence-corrected chi connectivity index (χ0v) is 14.1. The number of hydrogen-bond donors (Lipinski definition) is 1. The first-order valence-electron chi connectivity index (χ1n) is 8.62. The number of amides is 1. The molecule has 1 fully saturated rings. The highest BCUT2D eigenvalue weighted by Gasteiger charge is 2.24. The van der Waals surface area contributed by atoms with Gasteiger partial charge in [-0.05, 0) is 30.7 Å². The Hall–Kier alpha value is -1.84. The lowest BCUT2D eigenvalue weighted by Gasteiger charge is -2.29. The van der Waals surface area contributed by atoms with Gasteiger partial charge in [0.1, 0.15) is 0 Å². The van der Waals surface area contributed by atoms with Crippen LogP contribution in [0.5, 0.6) is 0 Å². The molecule has 0 aliphatic heterocycles. The third-order valence-electron chi connectivity index (χ3n) is 4.70. The minimum atomic E-state index is -0.328. The van der Waals surface area contributed by atoms with Crippen molar-refractivity contribution >= 4 is 11.9 Å². The summed E-state index contributed by atoms with van der Waals surface area (Å²) in [6.07, 6.45) is 5.21. The molecule has 23 heavy (non-hydrogen) atoms. The molecule has 0 bridgehead atoms. The summed E-state index contributed by atoms with van der Waals surface area (Å²) in [5.74, 6) is -0.334. The molecule has 126 valence electrons. The van der Waals surface area contributed by atoms with Gasteiger partial charge in [0.05, 0.1) is 5.92 Å². The maximum atomic E-state index is 12.2. The van der Waals surface area contributed by atoms with E-state index in [9.17, 15) is 9.59 Å². The number of benzene rings is 1. The van der Waals surface area contributed by atoms with E-state index in [0.717, 1.165) is 24.8 Å². The highest BCUT2D eigenvalue weighted by Crippen LogP contribution is 2.24. The summed E-state index contributed by atoms with van der Waals surface area (Å²) in [5.41, 5.74) is 0.932.